The van der Waals surface area contributed by atoms with E-state index in [1.165, 1.54) is 6.07 Å². The zero-order valence-corrected chi connectivity index (χ0v) is 12.0. The van der Waals surface area contributed by atoms with Crippen LogP contribution in [-0.2, 0) is 6.42 Å². The summed E-state index contributed by atoms with van der Waals surface area (Å²) in [5.74, 6) is 1.04. The van der Waals surface area contributed by atoms with Crippen LogP contribution in [0.15, 0.2) is 42.6 Å². The second kappa shape index (κ2) is 6.12. The van der Waals surface area contributed by atoms with E-state index in [0.717, 1.165) is 43.6 Å². The Morgan fingerprint density at radius 3 is 2.67 bits per heavy atom. The molecule has 0 amide bonds. The van der Waals surface area contributed by atoms with E-state index in [1.807, 2.05) is 24.4 Å². The van der Waals surface area contributed by atoms with Crippen molar-refractivity contribution in [1.29, 1.82) is 0 Å². The zero-order valence-electron chi connectivity index (χ0n) is 12.0. The van der Waals surface area contributed by atoms with Crippen LogP contribution < -0.4 is 10.6 Å². The van der Waals surface area contributed by atoms with Gasteiger partial charge in [0.2, 0.25) is 0 Å². The van der Waals surface area contributed by atoms with Gasteiger partial charge in [0, 0.05) is 13.1 Å². The van der Waals surface area contributed by atoms with E-state index < -0.39 is 0 Å². The largest absolute Gasteiger partial charge is 0.384 e. The summed E-state index contributed by atoms with van der Waals surface area (Å²) in [4.78, 5) is 6.49. The molecule has 21 heavy (non-hydrogen) atoms. The number of benzene rings is 1. The standard InChI is InChI=1S/C17H20FN3/c18-15-3-1-2-14(11-15)10-13-6-8-21(9-7-13)16-4-5-17(19)20-12-16/h1-5,11-13H,6-10H2,(H2,19,20). The first-order chi connectivity index (χ1) is 10.2. The van der Waals surface area contributed by atoms with E-state index in [2.05, 4.69) is 9.88 Å². The topological polar surface area (TPSA) is 42.1 Å². The minimum Gasteiger partial charge on any atom is -0.384 e. The van der Waals surface area contributed by atoms with Gasteiger partial charge in [-0.15, -0.1) is 0 Å². The first-order valence-corrected chi connectivity index (χ1v) is 7.41. The first-order valence-electron chi connectivity index (χ1n) is 7.41. The molecule has 0 atom stereocenters. The summed E-state index contributed by atoms with van der Waals surface area (Å²) in [6.07, 6.45) is 5.05. The van der Waals surface area contributed by atoms with Crippen LogP contribution in [0.5, 0.6) is 0 Å². The summed E-state index contributed by atoms with van der Waals surface area (Å²) in [5.41, 5.74) is 7.85. The fourth-order valence-corrected chi connectivity index (χ4v) is 2.98. The number of halogens is 1. The summed E-state index contributed by atoms with van der Waals surface area (Å²) in [5, 5.41) is 0. The lowest BCUT2D eigenvalue weighted by Crippen LogP contribution is -2.34. The van der Waals surface area contributed by atoms with Gasteiger partial charge in [0.15, 0.2) is 0 Å². The third-order valence-electron chi connectivity index (χ3n) is 4.16. The average molecular weight is 285 g/mol. The molecule has 0 unspecified atom stereocenters. The molecular formula is C17H20FN3. The number of nitrogens with zero attached hydrogens (tertiary/aromatic N) is 2. The van der Waals surface area contributed by atoms with Crippen LogP contribution in [-0.4, -0.2) is 18.1 Å². The van der Waals surface area contributed by atoms with E-state index in [4.69, 9.17) is 5.73 Å². The number of hydrogen-bond acceptors (Lipinski definition) is 3. The Hall–Kier alpha value is -2.10. The molecule has 0 saturated carbocycles. The molecule has 1 fully saturated rings. The van der Waals surface area contributed by atoms with Gasteiger partial charge in [-0.2, -0.15) is 0 Å². The van der Waals surface area contributed by atoms with Gasteiger partial charge in [-0.05, 0) is 55.0 Å². The SMILES string of the molecule is Nc1ccc(N2CCC(Cc3cccc(F)c3)CC2)cn1. The molecule has 2 heterocycles. The number of anilines is 2. The van der Waals surface area contributed by atoms with Crippen LogP contribution in [0.25, 0.3) is 0 Å². The Morgan fingerprint density at radius 1 is 1.19 bits per heavy atom. The third kappa shape index (κ3) is 3.51. The quantitative estimate of drug-likeness (QED) is 0.941. The Kier molecular flexibility index (Phi) is 4.04. The Balaban J connectivity index is 1.56. The second-order valence-corrected chi connectivity index (χ2v) is 5.71. The van der Waals surface area contributed by atoms with Crippen molar-refractivity contribution in [2.75, 3.05) is 23.7 Å². The van der Waals surface area contributed by atoms with Gasteiger partial charge in [0.05, 0.1) is 11.9 Å². The van der Waals surface area contributed by atoms with Crippen molar-refractivity contribution in [3.8, 4) is 0 Å². The number of rotatable bonds is 3. The van der Waals surface area contributed by atoms with E-state index in [-0.39, 0.29) is 5.82 Å². The predicted molar refractivity (Wildman–Crippen MR) is 83.7 cm³/mol. The molecule has 1 aromatic heterocycles. The molecular weight excluding hydrogens is 265 g/mol. The van der Waals surface area contributed by atoms with Gasteiger partial charge in [-0.1, -0.05) is 12.1 Å². The van der Waals surface area contributed by atoms with Crippen LogP contribution >= 0.6 is 0 Å². The second-order valence-electron chi connectivity index (χ2n) is 5.71. The van der Waals surface area contributed by atoms with Gasteiger partial charge >= 0.3 is 0 Å². The summed E-state index contributed by atoms with van der Waals surface area (Å²) in [6.45, 7) is 2.04. The molecule has 3 rings (SSSR count). The van der Waals surface area contributed by atoms with E-state index in [0.29, 0.717) is 11.7 Å². The third-order valence-corrected chi connectivity index (χ3v) is 4.16. The predicted octanol–water partition coefficient (Wildman–Crippen LogP) is 3.26. The maximum absolute atomic E-state index is 13.2. The van der Waals surface area contributed by atoms with E-state index >= 15 is 0 Å². The van der Waals surface area contributed by atoms with Crippen LogP contribution in [0.1, 0.15) is 18.4 Å². The summed E-state index contributed by atoms with van der Waals surface area (Å²) >= 11 is 0. The van der Waals surface area contributed by atoms with Crippen LogP contribution in [0.3, 0.4) is 0 Å². The number of pyridine rings is 1. The number of aromatic nitrogens is 1. The Morgan fingerprint density at radius 2 is 2.00 bits per heavy atom. The fraction of sp³-hybridized carbons (Fsp3) is 0.353. The average Bonchev–Trinajstić information content (AvgIpc) is 2.49. The summed E-state index contributed by atoms with van der Waals surface area (Å²) < 4.78 is 13.2. The van der Waals surface area contributed by atoms with E-state index in [1.54, 1.807) is 12.1 Å². The summed E-state index contributed by atoms with van der Waals surface area (Å²) in [6, 6.07) is 10.8. The van der Waals surface area contributed by atoms with Crippen LogP contribution in [0, 0.1) is 11.7 Å². The highest BCUT2D eigenvalue weighted by Crippen LogP contribution is 2.25. The fourth-order valence-electron chi connectivity index (χ4n) is 2.98. The number of piperidine rings is 1. The number of nitrogen functional groups attached to an aromatic ring is 1. The van der Waals surface area contributed by atoms with Crippen LogP contribution in [0.2, 0.25) is 0 Å². The maximum atomic E-state index is 13.2. The molecule has 1 aliphatic rings. The zero-order chi connectivity index (χ0) is 14.7. The van der Waals surface area contributed by atoms with Crippen molar-refractivity contribution in [1.82, 2.24) is 4.98 Å². The molecule has 110 valence electrons. The minimum atomic E-state index is -0.141. The van der Waals surface area contributed by atoms with Crippen molar-refractivity contribution in [2.24, 2.45) is 5.92 Å². The number of hydrogen-bond donors (Lipinski definition) is 1. The monoisotopic (exact) mass is 285 g/mol. The molecule has 4 heteroatoms. The first kappa shape index (κ1) is 13.9. The normalized spacial score (nSPS) is 16.1. The lowest BCUT2D eigenvalue weighted by atomic mass is 9.90. The van der Waals surface area contributed by atoms with Gasteiger partial charge in [0.1, 0.15) is 11.6 Å². The molecule has 1 aromatic carbocycles. The molecule has 3 nitrogen and oxygen atoms in total. The van der Waals surface area contributed by atoms with Gasteiger partial charge < -0.3 is 10.6 Å². The van der Waals surface area contributed by atoms with Crippen molar-refractivity contribution in [3.05, 3.63) is 54.0 Å². The van der Waals surface area contributed by atoms with E-state index in [9.17, 15) is 4.39 Å². The highest BCUT2D eigenvalue weighted by Gasteiger charge is 2.20. The molecule has 0 spiro atoms. The molecule has 2 N–H and O–H groups in total. The lowest BCUT2D eigenvalue weighted by Gasteiger charge is -2.33. The smallest absolute Gasteiger partial charge is 0.123 e. The van der Waals surface area contributed by atoms with Crippen molar-refractivity contribution in [2.45, 2.75) is 19.3 Å². The molecule has 0 aliphatic carbocycles. The molecule has 1 saturated heterocycles. The lowest BCUT2D eigenvalue weighted by molar-refractivity contribution is 0.403. The Labute approximate surface area is 124 Å². The van der Waals surface area contributed by atoms with Gasteiger partial charge in [-0.3, -0.25) is 0 Å². The maximum Gasteiger partial charge on any atom is 0.123 e. The number of nitrogens with two attached hydrogens (primary N) is 1. The highest BCUT2D eigenvalue weighted by molar-refractivity contribution is 5.48. The summed E-state index contributed by atoms with van der Waals surface area (Å²) in [7, 11) is 0. The van der Waals surface area contributed by atoms with Gasteiger partial charge in [0.25, 0.3) is 0 Å². The molecule has 0 bridgehead atoms. The van der Waals surface area contributed by atoms with Crippen LogP contribution in [0.4, 0.5) is 15.9 Å². The minimum absolute atomic E-state index is 0.141. The highest BCUT2D eigenvalue weighted by atomic mass is 19.1. The molecule has 1 aliphatic heterocycles. The van der Waals surface area contributed by atoms with Crippen molar-refractivity contribution >= 4 is 11.5 Å². The van der Waals surface area contributed by atoms with Gasteiger partial charge in [-0.25, -0.2) is 9.37 Å². The molecule has 2 aromatic rings. The van der Waals surface area contributed by atoms with Crippen molar-refractivity contribution in [3.63, 3.8) is 0 Å². The Bertz CT molecular complexity index is 589. The van der Waals surface area contributed by atoms with Crippen molar-refractivity contribution < 1.29 is 4.39 Å². The molecule has 0 radical (unpaired) electrons.